The second-order valence-corrected chi connectivity index (χ2v) is 7.87. The van der Waals surface area contributed by atoms with Gasteiger partial charge in [0.15, 0.2) is 5.78 Å². The van der Waals surface area contributed by atoms with Crippen LogP contribution in [0.3, 0.4) is 0 Å². The second-order valence-electron chi connectivity index (χ2n) is 7.87. The summed E-state index contributed by atoms with van der Waals surface area (Å²) in [6.45, 7) is 2.72. The molecule has 0 bridgehead atoms. The molecule has 2 nitrogen and oxygen atoms in total. The van der Waals surface area contributed by atoms with Gasteiger partial charge < -0.3 is 5.11 Å². The van der Waals surface area contributed by atoms with Gasteiger partial charge >= 0.3 is 0 Å². The van der Waals surface area contributed by atoms with Crippen LogP contribution >= 0.6 is 0 Å². The Morgan fingerprint density at radius 3 is 2.86 bits per heavy atom. The zero-order valence-electron chi connectivity index (χ0n) is 13.0. The third-order valence-electron chi connectivity index (χ3n) is 7.10. The van der Waals surface area contributed by atoms with E-state index in [1.54, 1.807) is 5.57 Å². The smallest absolute Gasteiger partial charge is 0.155 e. The van der Waals surface area contributed by atoms with E-state index in [4.69, 9.17) is 0 Å². The van der Waals surface area contributed by atoms with Crippen molar-refractivity contribution in [1.82, 2.24) is 0 Å². The molecule has 0 unspecified atom stereocenters. The Morgan fingerprint density at radius 2 is 2.05 bits per heavy atom. The molecule has 21 heavy (non-hydrogen) atoms. The number of ketones is 1. The molecule has 0 aromatic rings. The highest BCUT2D eigenvalue weighted by Crippen LogP contribution is 2.61. The maximum absolute atomic E-state index is 11.7. The highest BCUT2D eigenvalue weighted by Gasteiger charge is 2.51. The van der Waals surface area contributed by atoms with Gasteiger partial charge in [-0.1, -0.05) is 24.1 Å². The van der Waals surface area contributed by atoms with E-state index >= 15 is 0 Å². The number of rotatable bonds is 1. The summed E-state index contributed by atoms with van der Waals surface area (Å²) in [4.78, 5) is 11.7. The normalized spacial score (nSPS) is 45.3. The summed E-state index contributed by atoms with van der Waals surface area (Å²) in [5, 5.41) is 9.70. The van der Waals surface area contributed by atoms with Crippen LogP contribution < -0.4 is 0 Å². The number of fused-ring (bicyclic) bond motifs is 5. The minimum atomic E-state index is 0.252. The number of carbonyl (C=O) groups is 1. The van der Waals surface area contributed by atoms with Crippen LogP contribution in [-0.4, -0.2) is 17.5 Å². The van der Waals surface area contributed by atoms with Crippen LogP contribution in [0.25, 0.3) is 0 Å². The number of hydrogen-bond acceptors (Lipinski definition) is 2. The molecule has 0 aromatic heterocycles. The van der Waals surface area contributed by atoms with Crippen molar-refractivity contribution in [2.75, 3.05) is 6.61 Å². The lowest BCUT2D eigenvalue weighted by atomic mass is 9.53. The van der Waals surface area contributed by atoms with E-state index in [-0.39, 0.29) is 5.41 Å². The highest BCUT2D eigenvalue weighted by molar-refractivity contribution is 5.91. The van der Waals surface area contributed by atoms with Crippen LogP contribution in [0.4, 0.5) is 0 Å². The van der Waals surface area contributed by atoms with Crippen molar-refractivity contribution in [2.24, 2.45) is 29.1 Å². The van der Waals surface area contributed by atoms with E-state index in [2.05, 4.69) is 13.0 Å². The van der Waals surface area contributed by atoms with Crippen molar-refractivity contribution < 1.29 is 9.90 Å². The van der Waals surface area contributed by atoms with Gasteiger partial charge in [-0.3, -0.25) is 4.79 Å². The summed E-state index contributed by atoms with van der Waals surface area (Å²) in [5.74, 6) is 2.93. The standard InChI is InChI=1S/C19H26O2/c1-19-9-8-16-15-6-4-14(21)10-12(15)2-5-17(16)18(19)7-3-13(19)11-20/h7,10,13,15-17,20H,2-6,8-9,11H2,1H3/t13-,15+,16-,17-,19-/m1/s1. The molecular weight excluding hydrogens is 260 g/mol. The van der Waals surface area contributed by atoms with Gasteiger partial charge in [-0.25, -0.2) is 0 Å². The lowest BCUT2D eigenvalue weighted by Gasteiger charge is -2.51. The molecule has 4 aliphatic carbocycles. The monoisotopic (exact) mass is 286 g/mol. The zero-order valence-corrected chi connectivity index (χ0v) is 13.0. The molecule has 4 rings (SSSR count). The Labute approximate surface area is 127 Å². The Bertz CT molecular complexity index is 530. The molecule has 0 aromatic carbocycles. The van der Waals surface area contributed by atoms with E-state index in [1.807, 2.05) is 6.08 Å². The Morgan fingerprint density at radius 1 is 1.24 bits per heavy atom. The quantitative estimate of drug-likeness (QED) is 0.747. The summed E-state index contributed by atoms with van der Waals surface area (Å²) in [5.41, 5.74) is 3.36. The largest absolute Gasteiger partial charge is 0.396 e. The molecule has 2 saturated carbocycles. The van der Waals surface area contributed by atoms with Crippen molar-refractivity contribution >= 4 is 5.78 Å². The predicted molar refractivity (Wildman–Crippen MR) is 82.6 cm³/mol. The molecule has 0 radical (unpaired) electrons. The van der Waals surface area contributed by atoms with Crippen LogP contribution in [0.1, 0.15) is 51.9 Å². The van der Waals surface area contributed by atoms with Gasteiger partial charge in [0.05, 0.1) is 0 Å². The fourth-order valence-electron chi connectivity index (χ4n) is 5.89. The van der Waals surface area contributed by atoms with Gasteiger partial charge in [-0.15, -0.1) is 0 Å². The first-order valence-corrected chi connectivity index (χ1v) is 8.68. The van der Waals surface area contributed by atoms with Crippen LogP contribution in [0.15, 0.2) is 23.3 Å². The molecule has 0 amide bonds. The number of aliphatic hydroxyl groups excluding tert-OH is 1. The summed E-state index contributed by atoms with van der Waals surface area (Å²) >= 11 is 0. The van der Waals surface area contributed by atoms with E-state index in [0.717, 1.165) is 37.5 Å². The van der Waals surface area contributed by atoms with Gasteiger partial charge in [0.25, 0.3) is 0 Å². The fourth-order valence-corrected chi connectivity index (χ4v) is 5.89. The molecule has 4 aliphatic rings. The highest BCUT2D eigenvalue weighted by atomic mass is 16.3. The zero-order chi connectivity index (χ0) is 14.6. The van der Waals surface area contributed by atoms with E-state index in [0.29, 0.717) is 24.2 Å². The minimum absolute atomic E-state index is 0.252. The first kappa shape index (κ1) is 13.8. The van der Waals surface area contributed by atoms with Crippen molar-refractivity contribution in [2.45, 2.75) is 51.9 Å². The Hall–Kier alpha value is -0.890. The fraction of sp³-hybridized carbons (Fsp3) is 0.737. The average molecular weight is 286 g/mol. The first-order valence-electron chi connectivity index (χ1n) is 8.68. The third-order valence-corrected chi connectivity index (χ3v) is 7.10. The molecule has 0 saturated heterocycles. The van der Waals surface area contributed by atoms with Crippen molar-refractivity contribution in [1.29, 1.82) is 0 Å². The lowest BCUT2D eigenvalue weighted by Crippen LogP contribution is -2.43. The summed E-state index contributed by atoms with van der Waals surface area (Å²) in [6, 6.07) is 0. The van der Waals surface area contributed by atoms with Crippen molar-refractivity contribution in [3.8, 4) is 0 Å². The minimum Gasteiger partial charge on any atom is -0.396 e. The third kappa shape index (κ3) is 1.91. The van der Waals surface area contributed by atoms with Crippen molar-refractivity contribution in [3.05, 3.63) is 23.3 Å². The SMILES string of the molecule is C[C@]12CC[C@@H]3[C@H]4CCC(=O)C=C4CC[C@H]3C1=CC[C@@H]2CO. The molecule has 114 valence electrons. The maximum Gasteiger partial charge on any atom is 0.155 e. The van der Waals surface area contributed by atoms with Crippen LogP contribution in [0.2, 0.25) is 0 Å². The molecule has 2 heteroatoms. The average Bonchev–Trinajstić information content (AvgIpc) is 2.83. The summed E-state index contributed by atoms with van der Waals surface area (Å²) in [6.07, 6.45) is 12.2. The topological polar surface area (TPSA) is 37.3 Å². The van der Waals surface area contributed by atoms with Crippen LogP contribution in [0, 0.1) is 29.1 Å². The van der Waals surface area contributed by atoms with Gasteiger partial charge in [0, 0.05) is 13.0 Å². The molecular formula is C19H26O2. The van der Waals surface area contributed by atoms with E-state index in [9.17, 15) is 9.90 Å². The molecule has 5 atom stereocenters. The van der Waals surface area contributed by atoms with Crippen LogP contribution in [-0.2, 0) is 4.79 Å². The summed E-state index contributed by atoms with van der Waals surface area (Å²) in [7, 11) is 0. The number of allylic oxidation sites excluding steroid dienone is 4. The van der Waals surface area contributed by atoms with E-state index < -0.39 is 0 Å². The molecule has 2 fully saturated rings. The van der Waals surface area contributed by atoms with Gasteiger partial charge in [0.2, 0.25) is 0 Å². The van der Waals surface area contributed by atoms with Gasteiger partial charge in [-0.05, 0) is 73.7 Å². The Kier molecular flexibility index (Phi) is 3.15. The predicted octanol–water partition coefficient (Wildman–Crippen LogP) is 3.66. The lowest BCUT2D eigenvalue weighted by molar-refractivity contribution is -0.115. The van der Waals surface area contributed by atoms with Gasteiger partial charge in [0.1, 0.15) is 0 Å². The molecule has 0 heterocycles. The van der Waals surface area contributed by atoms with Gasteiger partial charge in [-0.2, -0.15) is 0 Å². The number of hydrogen-bond donors (Lipinski definition) is 1. The van der Waals surface area contributed by atoms with Crippen LogP contribution in [0.5, 0.6) is 0 Å². The second kappa shape index (κ2) is 4.81. The van der Waals surface area contributed by atoms with E-state index in [1.165, 1.54) is 24.8 Å². The Balaban J connectivity index is 1.64. The first-order chi connectivity index (χ1) is 10.1. The molecule has 1 N–H and O–H groups in total. The molecule has 0 spiro atoms. The summed E-state index contributed by atoms with van der Waals surface area (Å²) < 4.78 is 0. The number of aliphatic hydroxyl groups is 1. The maximum atomic E-state index is 11.7. The molecule has 0 aliphatic heterocycles. The van der Waals surface area contributed by atoms with Crippen molar-refractivity contribution in [3.63, 3.8) is 0 Å². The number of carbonyl (C=O) groups excluding carboxylic acids is 1.